The Balaban J connectivity index is 1.86. The highest BCUT2D eigenvalue weighted by atomic mass is 16.1. The third kappa shape index (κ3) is 2.48. The van der Waals surface area contributed by atoms with Crippen LogP contribution in [0.15, 0.2) is 0 Å². The van der Waals surface area contributed by atoms with Crippen molar-refractivity contribution in [1.29, 1.82) is 0 Å². The van der Waals surface area contributed by atoms with Gasteiger partial charge >= 0.3 is 0 Å². The van der Waals surface area contributed by atoms with Gasteiger partial charge in [0, 0.05) is 17.9 Å². The smallest absolute Gasteiger partial charge is 0.140 e. The van der Waals surface area contributed by atoms with E-state index >= 15 is 0 Å². The number of carbonyl (C=O) groups is 1. The molecule has 2 atom stereocenters. The largest absolute Gasteiger partial charge is 0.327 e. The first-order valence-corrected chi connectivity index (χ1v) is 7.01. The minimum Gasteiger partial charge on any atom is -0.327 e. The van der Waals surface area contributed by atoms with Crippen molar-refractivity contribution < 1.29 is 4.79 Å². The molecular formula is C14H25NO. The first kappa shape index (κ1) is 12.1. The molecule has 92 valence electrons. The summed E-state index contributed by atoms with van der Waals surface area (Å²) in [5.74, 6) is 1.92. The maximum absolute atomic E-state index is 12.3. The number of ketones is 1. The number of rotatable bonds is 3. The molecule has 0 bridgehead atoms. The van der Waals surface area contributed by atoms with E-state index in [9.17, 15) is 4.79 Å². The first-order chi connectivity index (χ1) is 7.72. The van der Waals surface area contributed by atoms with Gasteiger partial charge in [-0.25, -0.2) is 0 Å². The fraction of sp³-hybridized carbons (Fsp3) is 0.929. The molecule has 0 radical (unpaired) electrons. The number of Topliss-reactive ketones (excluding diaryl/α,β-unsaturated/α-hetero) is 1. The predicted octanol–water partition coefficient (Wildman–Crippen LogP) is 2.90. The molecule has 2 heteroatoms. The lowest BCUT2D eigenvalue weighted by molar-refractivity contribution is -0.128. The molecule has 0 saturated heterocycles. The highest BCUT2D eigenvalue weighted by Gasteiger charge is 2.35. The molecule has 2 fully saturated rings. The zero-order chi connectivity index (χ0) is 11.5. The monoisotopic (exact) mass is 223 g/mol. The normalized spacial score (nSPS) is 39.9. The zero-order valence-corrected chi connectivity index (χ0v) is 10.5. The lowest BCUT2D eigenvalue weighted by atomic mass is 9.75. The second-order valence-corrected chi connectivity index (χ2v) is 5.73. The van der Waals surface area contributed by atoms with Crippen molar-refractivity contribution in [1.82, 2.24) is 0 Å². The first-order valence-electron chi connectivity index (χ1n) is 7.01. The highest BCUT2D eigenvalue weighted by molar-refractivity contribution is 5.84. The van der Waals surface area contributed by atoms with Crippen LogP contribution in [0.1, 0.15) is 58.3 Å². The Labute approximate surface area is 99.0 Å². The molecule has 2 N–H and O–H groups in total. The molecule has 0 aromatic rings. The summed E-state index contributed by atoms with van der Waals surface area (Å²) < 4.78 is 0. The molecule has 2 aliphatic rings. The van der Waals surface area contributed by atoms with E-state index in [0.29, 0.717) is 11.7 Å². The summed E-state index contributed by atoms with van der Waals surface area (Å²) in [5, 5.41) is 0. The Kier molecular flexibility index (Phi) is 4.01. The van der Waals surface area contributed by atoms with Crippen molar-refractivity contribution in [3.63, 3.8) is 0 Å². The quantitative estimate of drug-likeness (QED) is 0.799. The minimum atomic E-state index is 0.163. The molecule has 0 aromatic heterocycles. The van der Waals surface area contributed by atoms with Gasteiger partial charge in [0.1, 0.15) is 5.78 Å². The van der Waals surface area contributed by atoms with Crippen LogP contribution >= 0.6 is 0 Å². The van der Waals surface area contributed by atoms with Crippen LogP contribution in [-0.2, 0) is 4.79 Å². The lowest BCUT2D eigenvalue weighted by Gasteiger charge is -2.29. The topological polar surface area (TPSA) is 43.1 Å². The van der Waals surface area contributed by atoms with Crippen LogP contribution in [0.25, 0.3) is 0 Å². The highest BCUT2D eigenvalue weighted by Crippen LogP contribution is 2.35. The summed E-state index contributed by atoms with van der Waals surface area (Å²) in [4.78, 5) is 12.3. The van der Waals surface area contributed by atoms with E-state index in [0.717, 1.165) is 38.0 Å². The Morgan fingerprint density at radius 2 is 1.81 bits per heavy atom. The molecular weight excluding hydrogens is 198 g/mol. The van der Waals surface area contributed by atoms with E-state index in [-0.39, 0.29) is 12.0 Å². The third-order valence-electron chi connectivity index (χ3n) is 4.76. The van der Waals surface area contributed by atoms with Crippen LogP contribution in [0.3, 0.4) is 0 Å². The molecule has 0 heterocycles. The average Bonchev–Trinajstić information content (AvgIpc) is 2.75. The van der Waals surface area contributed by atoms with Crippen molar-refractivity contribution in [3.8, 4) is 0 Å². The maximum Gasteiger partial charge on any atom is 0.140 e. The molecule has 0 amide bonds. The molecule has 0 aromatic carbocycles. The van der Waals surface area contributed by atoms with Crippen LogP contribution in [0.2, 0.25) is 0 Å². The minimum absolute atomic E-state index is 0.163. The van der Waals surface area contributed by atoms with Crippen molar-refractivity contribution in [2.75, 3.05) is 0 Å². The van der Waals surface area contributed by atoms with Gasteiger partial charge in [-0.2, -0.15) is 0 Å². The molecule has 0 spiro atoms. The van der Waals surface area contributed by atoms with Gasteiger partial charge in [0.15, 0.2) is 0 Å². The number of carbonyl (C=O) groups excluding carboxylic acids is 1. The van der Waals surface area contributed by atoms with Crippen LogP contribution in [0.5, 0.6) is 0 Å². The van der Waals surface area contributed by atoms with Crippen LogP contribution in [0.4, 0.5) is 0 Å². The number of hydrogen-bond donors (Lipinski definition) is 1. The van der Waals surface area contributed by atoms with E-state index < -0.39 is 0 Å². The average molecular weight is 223 g/mol. The summed E-state index contributed by atoms with van der Waals surface area (Å²) in [6.07, 6.45) is 9.31. The van der Waals surface area contributed by atoms with E-state index in [1.165, 1.54) is 19.3 Å². The summed E-state index contributed by atoms with van der Waals surface area (Å²) in [6, 6.07) is 0.163. The van der Waals surface area contributed by atoms with Crippen LogP contribution < -0.4 is 5.73 Å². The van der Waals surface area contributed by atoms with E-state index in [4.69, 9.17) is 5.73 Å². The molecule has 2 saturated carbocycles. The number of hydrogen-bond acceptors (Lipinski definition) is 2. The summed E-state index contributed by atoms with van der Waals surface area (Å²) in [6.45, 7) is 2.26. The molecule has 2 nitrogen and oxygen atoms in total. The van der Waals surface area contributed by atoms with Gasteiger partial charge in [0.2, 0.25) is 0 Å². The van der Waals surface area contributed by atoms with Crippen LogP contribution in [0, 0.1) is 17.8 Å². The predicted molar refractivity (Wildman–Crippen MR) is 66.1 cm³/mol. The Morgan fingerprint density at radius 3 is 2.31 bits per heavy atom. The standard InChI is InChI=1S/C14H25NO/c1-2-10-6-8-11(9-7-10)14(16)12-4-3-5-13(12)15/h10-13H,2-9,15H2,1H3. The Bertz CT molecular complexity index is 243. The Hall–Kier alpha value is -0.370. The van der Waals surface area contributed by atoms with Gasteiger partial charge in [0.05, 0.1) is 0 Å². The summed E-state index contributed by atoms with van der Waals surface area (Å²) in [5.41, 5.74) is 6.02. The number of nitrogens with two attached hydrogens (primary N) is 1. The van der Waals surface area contributed by atoms with Gasteiger partial charge in [-0.3, -0.25) is 4.79 Å². The van der Waals surface area contributed by atoms with E-state index in [1.54, 1.807) is 0 Å². The van der Waals surface area contributed by atoms with Gasteiger partial charge in [-0.05, 0) is 44.4 Å². The van der Waals surface area contributed by atoms with Gasteiger partial charge < -0.3 is 5.73 Å². The third-order valence-corrected chi connectivity index (χ3v) is 4.76. The van der Waals surface area contributed by atoms with Crippen molar-refractivity contribution in [2.45, 2.75) is 64.3 Å². The SMILES string of the molecule is CCC1CCC(C(=O)C2CCCC2N)CC1. The Morgan fingerprint density at radius 1 is 1.12 bits per heavy atom. The summed E-state index contributed by atoms with van der Waals surface area (Å²) >= 11 is 0. The van der Waals surface area contributed by atoms with Gasteiger partial charge in [0.25, 0.3) is 0 Å². The van der Waals surface area contributed by atoms with Crippen LogP contribution in [-0.4, -0.2) is 11.8 Å². The fourth-order valence-corrected chi connectivity index (χ4v) is 3.50. The van der Waals surface area contributed by atoms with Crippen molar-refractivity contribution in [3.05, 3.63) is 0 Å². The van der Waals surface area contributed by atoms with Gasteiger partial charge in [-0.15, -0.1) is 0 Å². The molecule has 16 heavy (non-hydrogen) atoms. The lowest BCUT2D eigenvalue weighted by Crippen LogP contribution is -2.35. The summed E-state index contributed by atoms with van der Waals surface area (Å²) in [7, 11) is 0. The molecule has 2 aliphatic carbocycles. The van der Waals surface area contributed by atoms with E-state index in [1.807, 2.05) is 0 Å². The molecule has 2 rings (SSSR count). The van der Waals surface area contributed by atoms with Gasteiger partial charge in [-0.1, -0.05) is 19.8 Å². The molecule has 2 unspecified atom stereocenters. The van der Waals surface area contributed by atoms with Crippen molar-refractivity contribution in [2.24, 2.45) is 23.5 Å². The fourth-order valence-electron chi connectivity index (χ4n) is 3.50. The molecule has 0 aliphatic heterocycles. The second-order valence-electron chi connectivity index (χ2n) is 5.73. The van der Waals surface area contributed by atoms with Crippen molar-refractivity contribution >= 4 is 5.78 Å². The second kappa shape index (κ2) is 5.31. The zero-order valence-electron chi connectivity index (χ0n) is 10.5. The van der Waals surface area contributed by atoms with E-state index in [2.05, 4.69) is 6.92 Å². The maximum atomic E-state index is 12.3.